The fourth-order valence-corrected chi connectivity index (χ4v) is 18.7. The summed E-state index contributed by atoms with van der Waals surface area (Å²) in [5, 5.41) is 36.4. The molecule has 0 radical (unpaired) electrons. The topological polar surface area (TPSA) is 0 Å². The second-order valence-corrected chi connectivity index (χ2v) is 30.0. The second-order valence-electron chi connectivity index (χ2n) is 30.0. The van der Waals surface area contributed by atoms with Crippen molar-refractivity contribution in [3.8, 4) is 77.9 Å². The van der Waals surface area contributed by atoms with E-state index in [0.717, 1.165) is 0 Å². The van der Waals surface area contributed by atoms with Crippen molar-refractivity contribution in [2.24, 2.45) is 0 Å². The number of hydrogen-bond donors (Lipinski definition) is 0. The highest BCUT2D eigenvalue weighted by atomic mass is 14.3. The monoisotopic (exact) mass is 1410 g/mol. The molecule has 0 nitrogen and oxygen atoms in total. The number of hydrogen-bond acceptors (Lipinski definition) is 0. The average Bonchev–Trinajstić information content (AvgIpc) is 0.755. The van der Waals surface area contributed by atoms with Crippen molar-refractivity contribution in [1.82, 2.24) is 0 Å². The Morgan fingerprint density at radius 3 is 0.759 bits per heavy atom. The Balaban J connectivity index is 0.000000103. The van der Waals surface area contributed by atoms with Crippen LogP contribution in [0.4, 0.5) is 0 Å². The van der Waals surface area contributed by atoms with Gasteiger partial charge in [0.15, 0.2) is 0 Å². The van der Waals surface area contributed by atoms with Gasteiger partial charge in [0, 0.05) is 0 Å². The van der Waals surface area contributed by atoms with Crippen LogP contribution in [-0.2, 0) is 0 Å². The quantitative estimate of drug-likeness (QED) is 0.110. The number of benzene rings is 24. The highest BCUT2D eigenvalue weighted by Gasteiger charge is 2.22. The molecule has 0 heteroatoms. The van der Waals surface area contributed by atoms with E-state index in [9.17, 15) is 0 Å². The van der Waals surface area contributed by atoms with Crippen molar-refractivity contribution in [2.45, 2.75) is 0 Å². The number of fused-ring (bicyclic) bond motifs is 8. The molecule has 0 amide bonds. The van der Waals surface area contributed by atoms with Crippen LogP contribution in [0.5, 0.6) is 0 Å². The molecule has 0 spiro atoms. The summed E-state index contributed by atoms with van der Waals surface area (Å²) in [5.41, 5.74) is 17.8. The summed E-state index contributed by atoms with van der Waals surface area (Å²) in [6.45, 7) is 0. The van der Waals surface area contributed by atoms with E-state index in [-0.39, 0.29) is 0 Å². The minimum absolute atomic E-state index is 1.23. The van der Waals surface area contributed by atoms with E-state index < -0.39 is 0 Å². The molecule has 0 bridgehead atoms. The summed E-state index contributed by atoms with van der Waals surface area (Å²) in [7, 11) is 0. The van der Waals surface area contributed by atoms with Gasteiger partial charge in [0.1, 0.15) is 0 Å². The van der Waals surface area contributed by atoms with Crippen LogP contribution >= 0.6 is 0 Å². The number of rotatable bonds is 7. The third-order valence-corrected chi connectivity index (χ3v) is 23.8. The first kappa shape index (κ1) is 64.6. The van der Waals surface area contributed by atoms with Gasteiger partial charge in [-0.2, -0.15) is 0 Å². The summed E-state index contributed by atoms with van der Waals surface area (Å²) in [6.07, 6.45) is 0. The first-order valence-electron chi connectivity index (χ1n) is 38.9. The van der Waals surface area contributed by atoms with Gasteiger partial charge in [0.05, 0.1) is 0 Å². The molecule has 518 valence electrons. The fourth-order valence-electron chi connectivity index (χ4n) is 18.7. The average molecular weight is 1420 g/mol. The molecule has 0 saturated heterocycles. The summed E-state index contributed by atoms with van der Waals surface area (Å²) >= 11 is 0. The lowest BCUT2D eigenvalue weighted by Crippen LogP contribution is -1.91. The zero-order valence-electron chi connectivity index (χ0n) is 61.4. The fraction of sp³-hybridized carbons (Fsp3) is 0. The van der Waals surface area contributed by atoms with Crippen molar-refractivity contribution >= 4 is 151 Å². The van der Waals surface area contributed by atoms with E-state index in [2.05, 4.69) is 425 Å². The molecular weight excluding hydrogens is 1350 g/mol. The molecule has 0 unspecified atom stereocenters. The van der Waals surface area contributed by atoms with Gasteiger partial charge in [-0.1, -0.05) is 413 Å². The van der Waals surface area contributed by atoms with Crippen LogP contribution in [0.3, 0.4) is 0 Å². The third-order valence-electron chi connectivity index (χ3n) is 23.8. The zero-order valence-corrected chi connectivity index (χ0v) is 61.4. The predicted molar refractivity (Wildman–Crippen MR) is 485 cm³/mol. The van der Waals surface area contributed by atoms with Crippen molar-refractivity contribution in [2.75, 3.05) is 0 Å². The minimum Gasteiger partial charge on any atom is -0.0616 e. The van der Waals surface area contributed by atoms with Gasteiger partial charge in [-0.25, -0.2) is 0 Å². The van der Waals surface area contributed by atoms with Crippen LogP contribution in [-0.4, -0.2) is 0 Å². The SMILES string of the molecule is c1cc2ccc3ccc(-c4ccc(-c5ccc6ccc7cccc8ccc5c6c78)cc4)c4ccc(c1)c2c34.c1ccc2cc(-c3c4ccccc4c(-c4cccc5ccccc45)c4ccccc34)ccc2c1.c1ccc2cc(-c3ccc(-c4c5ccccc5c(-c5cccc6ccccc56)c5ccccc45)cc3)ccc2c1. The highest BCUT2D eigenvalue weighted by molar-refractivity contribution is 6.29. The van der Waals surface area contributed by atoms with E-state index in [4.69, 9.17) is 0 Å². The Labute approximate surface area is 648 Å². The van der Waals surface area contributed by atoms with Gasteiger partial charge in [0.2, 0.25) is 0 Å². The molecule has 0 aromatic heterocycles. The summed E-state index contributed by atoms with van der Waals surface area (Å²) in [4.78, 5) is 0. The van der Waals surface area contributed by atoms with Crippen LogP contribution in [0.2, 0.25) is 0 Å². The van der Waals surface area contributed by atoms with Crippen molar-refractivity contribution in [3.63, 3.8) is 0 Å². The van der Waals surface area contributed by atoms with Gasteiger partial charge in [0.25, 0.3) is 0 Å². The Bertz CT molecular complexity index is 7530. The zero-order chi connectivity index (χ0) is 73.7. The third kappa shape index (κ3) is 10.7. The normalized spacial score (nSPS) is 11.8. The molecule has 0 N–H and O–H groups in total. The Morgan fingerprint density at radius 2 is 0.348 bits per heavy atom. The molecular formula is C112H70. The second kappa shape index (κ2) is 26.7. The maximum Gasteiger partial charge on any atom is -0.00201 e. The van der Waals surface area contributed by atoms with Crippen LogP contribution in [0, 0.1) is 0 Å². The van der Waals surface area contributed by atoms with Crippen LogP contribution < -0.4 is 0 Å². The Morgan fingerprint density at radius 1 is 0.0982 bits per heavy atom. The first-order chi connectivity index (χ1) is 55.6. The van der Waals surface area contributed by atoms with E-state index in [1.165, 1.54) is 229 Å². The lowest BCUT2D eigenvalue weighted by atomic mass is 9.84. The smallest absolute Gasteiger partial charge is 0.00201 e. The Kier molecular flexibility index (Phi) is 15.4. The van der Waals surface area contributed by atoms with E-state index in [1.54, 1.807) is 0 Å². The Hall–Kier alpha value is -14.6. The molecule has 24 aromatic carbocycles. The molecule has 0 fully saturated rings. The molecule has 0 aliphatic heterocycles. The van der Waals surface area contributed by atoms with Gasteiger partial charge < -0.3 is 0 Å². The molecule has 0 heterocycles. The van der Waals surface area contributed by atoms with Crippen molar-refractivity contribution in [1.29, 1.82) is 0 Å². The molecule has 0 atom stereocenters. The predicted octanol–water partition coefficient (Wildman–Crippen LogP) is 31.7. The van der Waals surface area contributed by atoms with Crippen molar-refractivity contribution in [3.05, 3.63) is 425 Å². The molecule has 24 rings (SSSR count). The first-order valence-corrected chi connectivity index (χ1v) is 38.9. The summed E-state index contributed by atoms with van der Waals surface area (Å²) < 4.78 is 0. The molecule has 0 aliphatic carbocycles. The lowest BCUT2D eigenvalue weighted by molar-refractivity contribution is 1.63. The standard InChI is InChI=1S/C40H26.C38H22.C34H22/c1-2-12-31-26-32(25-22-27(31)10-1)28-20-23-30(24-21-28)39-35-15-5-7-17-37(35)40(38-18-8-6-16-36(38)39)34-19-9-13-29-11-3-4-14-33(29)34;1-3-25-11-13-29-15-19-31(33-21-17-27(5-1)35(25)37(29)33)23-7-9-24(10-8-23)32-20-16-30-14-12-26-4-2-6-28-18-22-34(32)38(30)36(26)28;1-2-12-25-22-26(21-20-23(25)10-1)33-29-15-5-7-17-31(29)34(32-18-8-6-16-30(32)33)28-19-9-13-24-11-3-4-14-27(24)28/h1-26H;1-22H;1-22H. The summed E-state index contributed by atoms with van der Waals surface area (Å²) in [5.74, 6) is 0. The minimum atomic E-state index is 1.23. The summed E-state index contributed by atoms with van der Waals surface area (Å²) in [6, 6.07) is 156. The van der Waals surface area contributed by atoms with Crippen LogP contribution in [0.1, 0.15) is 0 Å². The van der Waals surface area contributed by atoms with Gasteiger partial charge >= 0.3 is 0 Å². The highest BCUT2D eigenvalue weighted by Crippen LogP contribution is 2.49. The lowest BCUT2D eigenvalue weighted by Gasteiger charge is -2.19. The molecule has 0 aliphatic rings. The maximum atomic E-state index is 2.33. The van der Waals surface area contributed by atoms with Crippen molar-refractivity contribution < 1.29 is 0 Å². The molecule has 112 heavy (non-hydrogen) atoms. The molecule has 24 aromatic rings. The van der Waals surface area contributed by atoms with Crippen LogP contribution in [0.25, 0.3) is 229 Å². The molecule has 0 saturated carbocycles. The van der Waals surface area contributed by atoms with Gasteiger partial charge in [-0.3, -0.25) is 0 Å². The van der Waals surface area contributed by atoms with Gasteiger partial charge in [-0.15, -0.1) is 0 Å². The maximum absolute atomic E-state index is 2.33. The van der Waals surface area contributed by atoms with E-state index in [1.807, 2.05) is 0 Å². The largest absolute Gasteiger partial charge is 0.0616 e. The van der Waals surface area contributed by atoms with Crippen LogP contribution in [0.15, 0.2) is 425 Å². The van der Waals surface area contributed by atoms with E-state index in [0.29, 0.717) is 0 Å². The van der Waals surface area contributed by atoms with E-state index >= 15 is 0 Å². The van der Waals surface area contributed by atoms with Gasteiger partial charge in [-0.05, 0) is 241 Å².